The molecule has 1 aromatic carbocycles. The Kier molecular flexibility index (Phi) is 5.68. The summed E-state index contributed by atoms with van der Waals surface area (Å²) in [4.78, 5) is 7.31. The SMILES string of the molecule is CCO/C(=N/OCCN(C)C)C1COc2ccccc2O1. The molecule has 1 heterocycles. The lowest BCUT2D eigenvalue weighted by molar-refractivity contribution is 0.0846. The van der Waals surface area contributed by atoms with Gasteiger partial charge in [0.05, 0.1) is 6.61 Å². The molecular formula is C15H22N2O4. The summed E-state index contributed by atoms with van der Waals surface area (Å²) >= 11 is 0. The van der Waals surface area contributed by atoms with E-state index in [4.69, 9.17) is 19.0 Å². The lowest BCUT2D eigenvalue weighted by atomic mass is 10.2. The number of benzene rings is 1. The van der Waals surface area contributed by atoms with Crippen LogP contribution < -0.4 is 9.47 Å². The Morgan fingerprint density at radius 2 is 2.10 bits per heavy atom. The maximum Gasteiger partial charge on any atom is 0.270 e. The van der Waals surface area contributed by atoms with E-state index in [-0.39, 0.29) is 6.10 Å². The van der Waals surface area contributed by atoms with Crippen LogP contribution >= 0.6 is 0 Å². The molecule has 0 N–H and O–H groups in total. The van der Waals surface area contributed by atoms with Crippen LogP contribution in [0.3, 0.4) is 0 Å². The zero-order valence-electron chi connectivity index (χ0n) is 12.7. The van der Waals surface area contributed by atoms with Gasteiger partial charge in [-0.1, -0.05) is 12.1 Å². The molecule has 21 heavy (non-hydrogen) atoms. The maximum absolute atomic E-state index is 5.85. The number of nitrogens with zero attached hydrogens (tertiary/aromatic N) is 2. The highest BCUT2D eigenvalue weighted by atomic mass is 16.7. The molecule has 0 radical (unpaired) electrons. The lowest BCUT2D eigenvalue weighted by Crippen LogP contribution is -2.38. The minimum Gasteiger partial charge on any atom is -0.485 e. The second kappa shape index (κ2) is 7.73. The van der Waals surface area contributed by atoms with E-state index in [0.717, 1.165) is 12.3 Å². The van der Waals surface area contributed by atoms with Crippen LogP contribution in [0, 0.1) is 0 Å². The number of hydrogen-bond donors (Lipinski definition) is 0. The maximum atomic E-state index is 5.85. The van der Waals surface area contributed by atoms with E-state index in [2.05, 4.69) is 5.16 Å². The first-order chi connectivity index (χ1) is 10.2. The summed E-state index contributed by atoms with van der Waals surface area (Å²) in [5.74, 6) is 1.83. The fourth-order valence-corrected chi connectivity index (χ4v) is 1.80. The van der Waals surface area contributed by atoms with Gasteiger partial charge in [0.1, 0.15) is 13.2 Å². The van der Waals surface area contributed by atoms with Gasteiger partial charge in [-0.3, -0.25) is 0 Å². The zero-order valence-corrected chi connectivity index (χ0v) is 12.7. The molecule has 0 spiro atoms. The van der Waals surface area contributed by atoms with Gasteiger partial charge >= 0.3 is 0 Å². The quantitative estimate of drug-likeness (QED) is 0.346. The number of para-hydroxylation sites is 2. The average molecular weight is 294 g/mol. The van der Waals surface area contributed by atoms with Crippen molar-refractivity contribution in [3.8, 4) is 11.5 Å². The van der Waals surface area contributed by atoms with Crippen LogP contribution in [0.1, 0.15) is 6.92 Å². The molecule has 0 amide bonds. The van der Waals surface area contributed by atoms with Crippen LogP contribution in [0.15, 0.2) is 29.4 Å². The van der Waals surface area contributed by atoms with Crippen molar-refractivity contribution in [1.29, 1.82) is 0 Å². The normalized spacial score (nSPS) is 17.7. The predicted molar refractivity (Wildman–Crippen MR) is 79.9 cm³/mol. The molecule has 0 aliphatic carbocycles. The minimum absolute atomic E-state index is 0.354. The number of fused-ring (bicyclic) bond motifs is 1. The van der Waals surface area contributed by atoms with Crippen molar-refractivity contribution in [2.45, 2.75) is 13.0 Å². The lowest BCUT2D eigenvalue weighted by Gasteiger charge is -2.26. The number of hydrogen-bond acceptors (Lipinski definition) is 6. The first-order valence-corrected chi connectivity index (χ1v) is 7.06. The highest BCUT2D eigenvalue weighted by Crippen LogP contribution is 2.31. The summed E-state index contributed by atoms with van der Waals surface area (Å²) in [6, 6.07) is 7.54. The van der Waals surface area contributed by atoms with E-state index >= 15 is 0 Å². The van der Waals surface area contributed by atoms with Gasteiger partial charge in [0.25, 0.3) is 5.90 Å². The Labute approximate surface area is 125 Å². The summed E-state index contributed by atoms with van der Waals surface area (Å²) in [6.07, 6.45) is -0.390. The molecule has 1 atom stereocenters. The van der Waals surface area contributed by atoms with Gasteiger partial charge in [0.2, 0.25) is 6.10 Å². The van der Waals surface area contributed by atoms with Gasteiger partial charge < -0.3 is 23.9 Å². The monoisotopic (exact) mass is 294 g/mol. The fraction of sp³-hybridized carbons (Fsp3) is 0.533. The molecule has 0 aromatic heterocycles. The summed E-state index contributed by atoms with van der Waals surface area (Å²) in [6.45, 7) is 4.03. The van der Waals surface area contributed by atoms with Crippen LogP contribution in [-0.4, -0.2) is 57.4 Å². The molecule has 116 valence electrons. The Hall–Kier alpha value is -1.95. The molecule has 6 heteroatoms. The van der Waals surface area contributed by atoms with E-state index in [1.165, 1.54) is 0 Å². The highest BCUT2D eigenvalue weighted by Gasteiger charge is 2.27. The van der Waals surface area contributed by atoms with Crippen LogP contribution in [0.5, 0.6) is 11.5 Å². The van der Waals surface area contributed by atoms with E-state index in [1.54, 1.807) is 0 Å². The van der Waals surface area contributed by atoms with Crippen LogP contribution in [0.2, 0.25) is 0 Å². The molecule has 0 saturated carbocycles. The third-order valence-corrected chi connectivity index (χ3v) is 2.86. The molecule has 2 rings (SSSR count). The summed E-state index contributed by atoms with van der Waals surface area (Å²) in [5.41, 5.74) is 0. The summed E-state index contributed by atoms with van der Waals surface area (Å²) < 4.78 is 17.0. The molecule has 1 aromatic rings. The molecule has 1 unspecified atom stereocenters. The largest absolute Gasteiger partial charge is 0.485 e. The van der Waals surface area contributed by atoms with Crippen molar-refractivity contribution < 1.29 is 19.0 Å². The Morgan fingerprint density at radius 1 is 1.33 bits per heavy atom. The van der Waals surface area contributed by atoms with E-state index in [9.17, 15) is 0 Å². The molecule has 0 bridgehead atoms. The van der Waals surface area contributed by atoms with Crippen molar-refractivity contribution in [2.24, 2.45) is 5.16 Å². The molecule has 0 saturated heterocycles. The second-order valence-corrected chi connectivity index (χ2v) is 4.86. The molecular weight excluding hydrogens is 272 g/mol. The standard InChI is InChI=1S/C15H22N2O4/c1-4-18-15(16-20-10-9-17(2)3)14-11-19-12-7-5-6-8-13(12)21-14/h5-8,14H,4,9-11H2,1-3H3/b16-15+. The van der Waals surface area contributed by atoms with Gasteiger partial charge in [-0.2, -0.15) is 0 Å². The van der Waals surface area contributed by atoms with E-state index in [0.29, 0.717) is 31.5 Å². The van der Waals surface area contributed by atoms with Crippen molar-refractivity contribution in [3.05, 3.63) is 24.3 Å². The fourth-order valence-electron chi connectivity index (χ4n) is 1.80. The second-order valence-electron chi connectivity index (χ2n) is 4.86. The van der Waals surface area contributed by atoms with Crippen molar-refractivity contribution in [3.63, 3.8) is 0 Å². The first kappa shape index (κ1) is 15.4. The first-order valence-electron chi connectivity index (χ1n) is 7.06. The number of ether oxygens (including phenoxy) is 3. The van der Waals surface area contributed by atoms with Crippen LogP contribution in [0.25, 0.3) is 0 Å². The van der Waals surface area contributed by atoms with E-state index < -0.39 is 0 Å². The van der Waals surface area contributed by atoms with Crippen LogP contribution in [0.4, 0.5) is 0 Å². The molecule has 6 nitrogen and oxygen atoms in total. The van der Waals surface area contributed by atoms with Crippen LogP contribution in [-0.2, 0) is 9.57 Å². The average Bonchev–Trinajstić information content (AvgIpc) is 2.49. The molecule has 1 aliphatic heterocycles. The van der Waals surface area contributed by atoms with Crippen molar-refractivity contribution in [2.75, 3.05) is 40.5 Å². The van der Waals surface area contributed by atoms with Gasteiger partial charge in [-0.25, -0.2) is 0 Å². The molecule has 0 fully saturated rings. The summed E-state index contributed by atoms with van der Waals surface area (Å²) in [5, 5.41) is 4.04. The Bertz CT molecular complexity index is 476. The predicted octanol–water partition coefficient (Wildman–Crippen LogP) is 1.75. The Balaban J connectivity index is 1.97. The number of likely N-dealkylation sites (N-methyl/N-ethyl adjacent to an activating group) is 1. The zero-order chi connectivity index (χ0) is 15.1. The topological polar surface area (TPSA) is 52.5 Å². The minimum atomic E-state index is -0.390. The third kappa shape index (κ3) is 4.53. The van der Waals surface area contributed by atoms with Gasteiger partial charge in [0, 0.05) is 6.54 Å². The van der Waals surface area contributed by atoms with Crippen molar-refractivity contribution >= 4 is 5.90 Å². The highest BCUT2D eigenvalue weighted by molar-refractivity contribution is 5.81. The summed E-state index contributed by atoms with van der Waals surface area (Å²) in [7, 11) is 3.96. The third-order valence-electron chi connectivity index (χ3n) is 2.86. The molecule has 1 aliphatic rings. The smallest absolute Gasteiger partial charge is 0.270 e. The Morgan fingerprint density at radius 3 is 2.81 bits per heavy atom. The number of rotatable bonds is 6. The van der Waals surface area contributed by atoms with Gasteiger partial charge in [-0.05, 0) is 38.3 Å². The van der Waals surface area contributed by atoms with Gasteiger partial charge in [-0.15, -0.1) is 0 Å². The van der Waals surface area contributed by atoms with E-state index in [1.807, 2.05) is 50.2 Å². The number of oxime groups is 1. The van der Waals surface area contributed by atoms with Crippen molar-refractivity contribution in [1.82, 2.24) is 4.90 Å². The van der Waals surface area contributed by atoms with Gasteiger partial charge in [0.15, 0.2) is 11.5 Å².